The zero-order valence-electron chi connectivity index (χ0n) is 11.7. The fraction of sp³-hybridized carbons (Fsp3) is 0.600. The molecule has 4 nitrogen and oxygen atoms in total. The van der Waals surface area contributed by atoms with Crippen molar-refractivity contribution in [1.29, 1.82) is 5.26 Å². The molecule has 1 aromatic rings. The van der Waals surface area contributed by atoms with Gasteiger partial charge < -0.3 is 10.6 Å². The number of fused-ring (bicyclic) bond motifs is 1. The number of nitrogens with zero attached hydrogens (tertiary/aromatic N) is 1. The van der Waals surface area contributed by atoms with Gasteiger partial charge in [-0.2, -0.15) is 5.26 Å². The average Bonchev–Trinajstić information content (AvgIpc) is 2.99. The Morgan fingerprint density at radius 1 is 1.40 bits per heavy atom. The SMILES string of the molecule is CC1(C(=O)Nc2sc3c(c2C#N)CCC3)CCNCC1. The predicted octanol–water partition coefficient (Wildman–Crippen LogP) is 2.44. The molecular formula is C15H19N3OS. The van der Waals surface area contributed by atoms with Crippen molar-refractivity contribution in [1.82, 2.24) is 5.32 Å². The molecule has 2 heterocycles. The molecule has 2 aliphatic rings. The Morgan fingerprint density at radius 3 is 2.85 bits per heavy atom. The van der Waals surface area contributed by atoms with Gasteiger partial charge in [-0.15, -0.1) is 11.3 Å². The van der Waals surface area contributed by atoms with Gasteiger partial charge in [-0.25, -0.2) is 0 Å². The van der Waals surface area contributed by atoms with Crippen LogP contribution in [-0.2, 0) is 17.6 Å². The Kier molecular flexibility index (Phi) is 3.53. The molecular weight excluding hydrogens is 270 g/mol. The fourth-order valence-electron chi connectivity index (χ4n) is 3.07. The molecule has 0 radical (unpaired) electrons. The third kappa shape index (κ3) is 2.23. The van der Waals surface area contributed by atoms with Gasteiger partial charge >= 0.3 is 0 Å². The number of hydrogen-bond donors (Lipinski definition) is 2. The average molecular weight is 289 g/mol. The van der Waals surface area contributed by atoms with Crippen molar-refractivity contribution in [2.75, 3.05) is 18.4 Å². The van der Waals surface area contributed by atoms with E-state index in [1.54, 1.807) is 11.3 Å². The highest BCUT2D eigenvalue weighted by molar-refractivity contribution is 7.16. The summed E-state index contributed by atoms with van der Waals surface area (Å²) in [7, 11) is 0. The van der Waals surface area contributed by atoms with E-state index in [0.717, 1.165) is 50.2 Å². The van der Waals surface area contributed by atoms with E-state index >= 15 is 0 Å². The highest BCUT2D eigenvalue weighted by Crippen LogP contribution is 2.40. The summed E-state index contributed by atoms with van der Waals surface area (Å²) in [6, 6.07) is 2.28. The van der Waals surface area contributed by atoms with Crippen LogP contribution < -0.4 is 10.6 Å². The second-order valence-corrected chi connectivity index (χ2v) is 7.04. The van der Waals surface area contributed by atoms with E-state index in [1.165, 1.54) is 10.4 Å². The van der Waals surface area contributed by atoms with Crippen molar-refractivity contribution >= 4 is 22.2 Å². The lowest BCUT2D eigenvalue weighted by molar-refractivity contribution is -0.126. The van der Waals surface area contributed by atoms with Crippen molar-refractivity contribution in [2.45, 2.75) is 39.0 Å². The summed E-state index contributed by atoms with van der Waals surface area (Å²) in [5, 5.41) is 16.4. The summed E-state index contributed by atoms with van der Waals surface area (Å²) >= 11 is 1.59. The zero-order chi connectivity index (χ0) is 14.2. The lowest BCUT2D eigenvalue weighted by atomic mass is 9.80. The Morgan fingerprint density at radius 2 is 2.15 bits per heavy atom. The molecule has 20 heavy (non-hydrogen) atoms. The number of thiophene rings is 1. The number of nitrogens with one attached hydrogen (secondary N) is 2. The van der Waals surface area contributed by atoms with E-state index in [0.29, 0.717) is 5.56 Å². The summed E-state index contributed by atoms with van der Waals surface area (Å²) in [6.45, 7) is 3.79. The van der Waals surface area contributed by atoms with Crippen LogP contribution in [0.5, 0.6) is 0 Å². The van der Waals surface area contributed by atoms with Gasteiger partial charge in [0, 0.05) is 10.3 Å². The van der Waals surface area contributed by atoms with Crippen molar-refractivity contribution < 1.29 is 4.79 Å². The maximum absolute atomic E-state index is 12.5. The van der Waals surface area contributed by atoms with Gasteiger partial charge in [-0.3, -0.25) is 4.79 Å². The minimum Gasteiger partial charge on any atom is -0.317 e. The maximum atomic E-state index is 12.5. The molecule has 106 valence electrons. The summed E-state index contributed by atoms with van der Waals surface area (Å²) < 4.78 is 0. The zero-order valence-corrected chi connectivity index (χ0v) is 12.5. The van der Waals surface area contributed by atoms with Crippen LogP contribution in [0.1, 0.15) is 42.2 Å². The van der Waals surface area contributed by atoms with Crippen LogP contribution >= 0.6 is 11.3 Å². The predicted molar refractivity (Wildman–Crippen MR) is 79.9 cm³/mol. The van der Waals surface area contributed by atoms with Crippen molar-refractivity contribution in [3.05, 3.63) is 16.0 Å². The molecule has 2 N–H and O–H groups in total. The first kappa shape index (κ1) is 13.6. The molecule has 5 heteroatoms. The summed E-state index contributed by atoms with van der Waals surface area (Å²) in [5.41, 5.74) is 1.56. The van der Waals surface area contributed by atoms with E-state index in [9.17, 15) is 10.1 Å². The number of nitriles is 1. The molecule has 0 unspecified atom stereocenters. The van der Waals surface area contributed by atoms with Gasteiger partial charge in [0.05, 0.1) is 5.56 Å². The smallest absolute Gasteiger partial charge is 0.231 e. The van der Waals surface area contributed by atoms with Gasteiger partial charge in [0.2, 0.25) is 5.91 Å². The topological polar surface area (TPSA) is 64.9 Å². The molecule has 1 aromatic heterocycles. The monoisotopic (exact) mass is 289 g/mol. The highest BCUT2D eigenvalue weighted by Gasteiger charge is 2.35. The van der Waals surface area contributed by atoms with Crippen LogP contribution in [0.15, 0.2) is 0 Å². The molecule has 1 fully saturated rings. The van der Waals surface area contributed by atoms with Crippen molar-refractivity contribution in [3.63, 3.8) is 0 Å². The van der Waals surface area contributed by atoms with E-state index < -0.39 is 0 Å². The number of aryl methyl sites for hydroxylation is 1. The van der Waals surface area contributed by atoms with Gasteiger partial charge in [-0.05, 0) is 50.8 Å². The fourth-order valence-corrected chi connectivity index (χ4v) is 4.30. The summed E-state index contributed by atoms with van der Waals surface area (Å²) in [6.07, 6.45) is 4.86. The van der Waals surface area contributed by atoms with Crippen LogP contribution in [0.3, 0.4) is 0 Å². The van der Waals surface area contributed by atoms with Gasteiger partial charge in [0.25, 0.3) is 0 Å². The van der Waals surface area contributed by atoms with E-state index in [1.807, 2.05) is 6.92 Å². The molecule has 1 amide bonds. The number of carbonyl (C=O) groups is 1. The molecule has 3 rings (SSSR count). The Bertz CT molecular complexity index is 579. The number of piperidine rings is 1. The Balaban J connectivity index is 1.81. The first-order valence-corrected chi connectivity index (χ1v) is 8.02. The second-order valence-electron chi connectivity index (χ2n) is 5.94. The number of anilines is 1. The van der Waals surface area contributed by atoms with Crippen LogP contribution in [0.4, 0.5) is 5.00 Å². The van der Waals surface area contributed by atoms with Crippen molar-refractivity contribution in [2.24, 2.45) is 5.41 Å². The molecule has 0 spiro atoms. The van der Waals surface area contributed by atoms with Crippen LogP contribution in [0.25, 0.3) is 0 Å². The van der Waals surface area contributed by atoms with Crippen LogP contribution in [0, 0.1) is 16.7 Å². The van der Waals surface area contributed by atoms with E-state index in [4.69, 9.17) is 0 Å². The summed E-state index contributed by atoms with van der Waals surface area (Å²) in [5.74, 6) is 0.0652. The molecule has 1 saturated heterocycles. The van der Waals surface area contributed by atoms with Crippen LogP contribution in [0.2, 0.25) is 0 Å². The number of amides is 1. The van der Waals surface area contributed by atoms with Gasteiger partial charge in [0.1, 0.15) is 11.1 Å². The van der Waals surface area contributed by atoms with Crippen LogP contribution in [-0.4, -0.2) is 19.0 Å². The molecule has 1 aliphatic carbocycles. The third-order valence-electron chi connectivity index (χ3n) is 4.52. The number of hydrogen-bond acceptors (Lipinski definition) is 4. The quantitative estimate of drug-likeness (QED) is 0.879. The summed E-state index contributed by atoms with van der Waals surface area (Å²) in [4.78, 5) is 13.8. The second kappa shape index (κ2) is 5.19. The van der Waals surface area contributed by atoms with Crippen molar-refractivity contribution in [3.8, 4) is 6.07 Å². The van der Waals surface area contributed by atoms with E-state index in [-0.39, 0.29) is 11.3 Å². The normalized spacial score (nSPS) is 20.2. The van der Waals surface area contributed by atoms with Gasteiger partial charge in [0.15, 0.2) is 0 Å². The molecule has 0 atom stereocenters. The first-order chi connectivity index (χ1) is 9.64. The lowest BCUT2D eigenvalue weighted by Gasteiger charge is -2.32. The lowest BCUT2D eigenvalue weighted by Crippen LogP contribution is -2.42. The third-order valence-corrected chi connectivity index (χ3v) is 5.72. The minimum absolute atomic E-state index is 0.0652. The number of rotatable bonds is 2. The Labute approximate surface area is 123 Å². The van der Waals surface area contributed by atoms with E-state index in [2.05, 4.69) is 16.7 Å². The van der Waals surface area contributed by atoms with Gasteiger partial charge in [-0.1, -0.05) is 6.92 Å². The number of carbonyl (C=O) groups excluding carboxylic acids is 1. The standard InChI is InChI=1S/C15H19N3OS/c1-15(5-7-17-8-6-15)14(19)18-13-11(9-16)10-3-2-4-12(10)20-13/h17H,2-8H2,1H3,(H,18,19). The molecule has 0 aromatic carbocycles. The maximum Gasteiger partial charge on any atom is 0.231 e. The molecule has 0 bridgehead atoms. The molecule has 1 aliphatic heterocycles. The largest absolute Gasteiger partial charge is 0.317 e. The molecule has 0 saturated carbocycles. The first-order valence-electron chi connectivity index (χ1n) is 7.21. The highest BCUT2D eigenvalue weighted by atomic mass is 32.1. The minimum atomic E-state index is -0.313. The Hall–Kier alpha value is -1.38.